The third-order valence-electron chi connectivity index (χ3n) is 4.80. The van der Waals surface area contributed by atoms with E-state index in [-0.39, 0.29) is 23.7 Å². The zero-order chi connectivity index (χ0) is 18.1. The van der Waals surface area contributed by atoms with Gasteiger partial charge >= 0.3 is 5.97 Å². The molecule has 26 heavy (non-hydrogen) atoms. The predicted molar refractivity (Wildman–Crippen MR) is 95.7 cm³/mol. The summed E-state index contributed by atoms with van der Waals surface area (Å²) in [4.78, 5) is 38.8. The standard InChI is InChI=1S/C21H17NO4/c23-19-17-11-4-5-12-18(17)20(24)22(19)15-9-6-10-16(13-15)26-21(25)14-7-2-1-3-8-14/h1-10,13,17-18H,11-12H2. The van der Waals surface area contributed by atoms with Crippen molar-refractivity contribution in [1.29, 1.82) is 0 Å². The molecular formula is C21H17NO4. The van der Waals surface area contributed by atoms with Gasteiger partial charge in [-0.2, -0.15) is 0 Å². The number of carbonyl (C=O) groups excluding carboxylic acids is 3. The summed E-state index contributed by atoms with van der Waals surface area (Å²) in [6, 6.07) is 15.2. The molecule has 1 fully saturated rings. The average molecular weight is 347 g/mol. The van der Waals surface area contributed by atoms with Gasteiger partial charge in [0.05, 0.1) is 23.1 Å². The molecular weight excluding hydrogens is 330 g/mol. The van der Waals surface area contributed by atoms with E-state index >= 15 is 0 Å². The van der Waals surface area contributed by atoms with E-state index in [1.807, 2.05) is 18.2 Å². The number of amides is 2. The van der Waals surface area contributed by atoms with Gasteiger partial charge in [0.1, 0.15) is 5.75 Å². The second-order valence-electron chi connectivity index (χ2n) is 6.42. The predicted octanol–water partition coefficient (Wildman–Crippen LogP) is 3.36. The van der Waals surface area contributed by atoms with Crippen LogP contribution in [0.15, 0.2) is 66.7 Å². The number of hydrogen-bond donors (Lipinski definition) is 0. The summed E-state index contributed by atoms with van der Waals surface area (Å²) < 4.78 is 5.39. The Morgan fingerprint density at radius 2 is 1.54 bits per heavy atom. The first-order valence-corrected chi connectivity index (χ1v) is 8.55. The van der Waals surface area contributed by atoms with Crippen LogP contribution >= 0.6 is 0 Å². The van der Waals surface area contributed by atoms with Crippen molar-refractivity contribution in [3.63, 3.8) is 0 Å². The summed E-state index contributed by atoms with van der Waals surface area (Å²) in [7, 11) is 0. The minimum Gasteiger partial charge on any atom is -0.423 e. The van der Waals surface area contributed by atoms with E-state index in [2.05, 4.69) is 0 Å². The molecule has 5 nitrogen and oxygen atoms in total. The molecule has 2 aliphatic rings. The lowest BCUT2D eigenvalue weighted by Crippen LogP contribution is -2.30. The van der Waals surface area contributed by atoms with Crippen LogP contribution in [0.4, 0.5) is 5.69 Å². The lowest BCUT2D eigenvalue weighted by atomic mass is 9.85. The van der Waals surface area contributed by atoms with Crippen molar-refractivity contribution in [3.05, 3.63) is 72.3 Å². The van der Waals surface area contributed by atoms with E-state index < -0.39 is 5.97 Å². The van der Waals surface area contributed by atoms with Gasteiger partial charge in [0.25, 0.3) is 0 Å². The number of rotatable bonds is 3. The van der Waals surface area contributed by atoms with E-state index in [1.165, 1.54) is 4.90 Å². The summed E-state index contributed by atoms with van der Waals surface area (Å²) in [6.07, 6.45) is 5.09. The number of carbonyl (C=O) groups is 3. The molecule has 2 atom stereocenters. The first kappa shape index (κ1) is 16.3. The molecule has 2 unspecified atom stereocenters. The molecule has 0 aromatic heterocycles. The van der Waals surface area contributed by atoms with Crippen molar-refractivity contribution in [1.82, 2.24) is 0 Å². The topological polar surface area (TPSA) is 63.7 Å². The number of hydrogen-bond acceptors (Lipinski definition) is 4. The van der Waals surface area contributed by atoms with Crippen LogP contribution < -0.4 is 9.64 Å². The van der Waals surface area contributed by atoms with Crippen LogP contribution in [0.3, 0.4) is 0 Å². The Balaban J connectivity index is 1.57. The first-order chi connectivity index (χ1) is 12.6. The molecule has 0 radical (unpaired) electrons. The fourth-order valence-electron chi connectivity index (χ4n) is 3.48. The van der Waals surface area contributed by atoms with Gasteiger partial charge in [-0.25, -0.2) is 9.69 Å². The number of allylic oxidation sites excluding steroid dienone is 2. The van der Waals surface area contributed by atoms with Crippen LogP contribution in [-0.2, 0) is 9.59 Å². The van der Waals surface area contributed by atoms with Crippen LogP contribution in [0.2, 0.25) is 0 Å². The number of imide groups is 1. The summed E-state index contributed by atoms with van der Waals surface area (Å²) >= 11 is 0. The van der Waals surface area contributed by atoms with Gasteiger partial charge in [-0.15, -0.1) is 0 Å². The number of anilines is 1. The highest BCUT2D eigenvalue weighted by Crippen LogP contribution is 2.38. The van der Waals surface area contributed by atoms with Gasteiger partial charge in [0.15, 0.2) is 0 Å². The molecule has 4 rings (SSSR count). The number of fused-ring (bicyclic) bond motifs is 1. The Morgan fingerprint density at radius 1 is 0.885 bits per heavy atom. The molecule has 1 aliphatic carbocycles. The quantitative estimate of drug-likeness (QED) is 0.370. The fourth-order valence-corrected chi connectivity index (χ4v) is 3.48. The van der Waals surface area contributed by atoms with Gasteiger partial charge in [-0.05, 0) is 37.1 Å². The SMILES string of the molecule is O=C(Oc1cccc(N2C(=O)C3CC=CCC3C2=O)c1)c1ccccc1. The fraction of sp³-hybridized carbons (Fsp3) is 0.190. The maximum absolute atomic E-state index is 12.7. The maximum Gasteiger partial charge on any atom is 0.343 e. The first-order valence-electron chi connectivity index (χ1n) is 8.55. The number of ether oxygens (including phenoxy) is 1. The molecule has 1 saturated heterocycles. The number of benzene rings is 2. The molecule has 2 aromatic rings. The molecule has 5 heteroatoms. The van der Waals surface area contributed by atoms with Crippen molar-refractivity contribution in [3.8, 4) is 5.75 Å². The normalized spacial score (nSPS) is 21.6. The minimum absolute atomic E-state index is 0.184. The van der Waals surface area contributed by atoms with Crippen LogP contribution in [0.25, 0.3) is 0 Å². The Bertz CT molecular complexity index is 877. The Kier molecular flexibility index (Phi) is 4.13. The molecule has 2 amide bonds. The smallest absolute Gasteiger partial charge is 0.343 e. The second-order valence-corrected chi connectivity index (χ2v) is 6.42. The van der Waals surface area contributed by atoms with Gasteiger partial charge in [-0.3, -0.25) is 9.59 Å². The number of esters is 1. The van der Waals surface area contributed by atoms with E-state index in [1.54, 1.807) is 48.5 Å². The zero-order valence-electron chi connectivity index (χ0n) is 14.0. The van der Waals surface area contributed by atoms with Gasteiger partial charge in [0, 0.05) is 6.07 Å². The zero-order valence-corrected chi connectivity index (χ0v) is 14.0. The summed E-state index contributed by atoms with van der Waals surface area (Å²) in [6.45, 7) is 0. The van der Waals surface area contributed by atoms with Crippen molar-refractivity contribution in [2.24, 2.45) is 11.8 Å². The van der Waals surface area contributed by atoms with Crippen molar-refractivity contribution < 1.29 is 19.1 Å². The highest BCUT2D eigenvalue weighted by molar-refractivity contribution is 6.22. The second kappa shape index (κ2) is 6.59. The Hall–Kier alpha value is -3.21. The minimum atomic E-state index is -0.486. The Morgan fingerprint density at radius 3 is 2.19 bits per heavy atom. The summed E-state index contributed by atoms with van der Waals surface area (Å²) in [5.74, 6) is -1.14. The molecule has 2 aromatic carbocycles. The van der Waals surface area contributed by atoms with Gasteiger partial charge in [-0.1, -0.05) is 36.4 Å². The van der Waals surface area contributed by atoms with Crippen LogP contribution in [-0.4, -0.2) is 17.8 Å². The van der Waals surface area contributed by atoms with E-state index in [0.29, 0.717) is 29.8 Å². The third kappa shape index (κ3) is 2.81. The van der Waals surface area contributed by atoms with E-state index in [9.17, 15) is 14.4 Å². The third-order valence-corrected chi connectivity index (χ3v) is 4.80. The summed E-state index contributed by atoms with van der Waals surface area (Å²) in [5.41, 5.74) is 0.871. The van der Waals surface area contributed by atoms with E-state index in [0.717, 1.165) is 0 Å². The molecule has 1 heterocycles. The molecule has 1 aliphatic heterocycles. The lowest BCUT2D eigenvalue weighted by Gasteiger charge is -2.15. The molecule has 0 spiro atoms. The largest absolute Gasteiger partial charge is 0.423 e. The van der Waals surface area contributed by atoms with Gasteiger partial charge < -0.3 is 4.74 Å². The maximum atomic E-state index is 12.7. The molecule has 130 valence electrons. The van der Waals surface area contributed by atoms with Crippen molar-refractivity contribution >= 4 is 23.5 Å². The van der Waals surface area contributed by atoms with Crippen LogP contribution in [0, 0.1) is 11.8 Å². The monoisotopic (exact) mass is 347 g/mol. The van der Waals surface area contributed by atoms with Gasteiger partial charge in [0.2, 0.25) is 11.8 Å². The average Bonchev–Trinajstić information content (AvgIpc) is 2.94. The highest BCUT2D eigenvalue weighted by Gasteiger charge is 2.47. The molecule has 0 N–H and O–H groups in total. The number of nitrogens with zero attached hydrogens (tertiary/aromatic N) is 1. The summed E-state index contributed by atoms with van der Waals surface area (Å²) in [5, 5.41) is 0. The van der Waals surface area contributed by atoms with Crippen LogP contribution in [0.5, 0.6) is 5.75 Å². The molecule has 0 bridgehead atoms. The Labute approximate surface area is 150 Å². The highest BCUT2D eigenvalue weighted by atomic mass is 16.5. The van der Waals surface area contributed by atoms with Crippen molar-refractivity contribution in [2.45, 2.75) is 12.8 Å². The van der Waals surface area contributed by atoms with Crippen molar-refractivity contribution in [2.75, 3.05) is 4.90 Å². The van der Waals surface area contributed by atoms with Crippen LogP contribution in [0.1, 0.15) is 23.2 Å². The van der Waals surface area contributed by atoms with E-state index in [4.69, 9.17) is 4.74 Å². The lowest BCUT2D eigenvalue weighted by molar-refractivity contribution is -0.122. The molecule has 0 saturated carbocycles.